The molecule has 196 valence electrons. The van der Waals surface area contributed by atoms with Crippen LogP contribution in [0.15, 0.2) is 63.6 Å². The normalized spacial score (nSPS) is 12.4. The molecular weight excluding hydrogens is 502 g/mol. The first-order valence-electron chi connectivity index (χ1n) is 12.5. The van der Waals surface area contributed by atoms with Crippen LogP contribution in [-0.2, 0) is 13.1 Å². The number of rotatable bonds is 10. The average molecular weight is 532 g/mol. The van der Waals surface area contributed by atoms with Gasteiger partial charge in [-0.25, -0.2) is 0 Å². The van der Waals surface area contributed by atoms with Crippen LogP contribution in [-0.4, -0.2) is 47.4 Å². The third kappa shape index (κ3) is 6.00. The van der Waals surface area contributed by atoms with Gasteiger partial charge in [0.15, 0.2) is 11.6 Å². The lowest BCUT2D eigenvalue weighted by Gasteiger charge is -2.25. The number of alkyl halides is 1. The van der Waals surface area contributed by atoms with Crippen LogP contribution < -0.4 is 0 Å². The Hall–Kier alpha value is -3.82. The van der Waals surface area contributed by atoms with Gasteiger partial charge in [0.25, 0.3) is 11.8 Å². The average Bonchev–Trinajstić information content (AvgIpc) is 3.64. The van der Waals surface area contributed by atoms with Crippen LogP contribution >= 0.6 is 11.6 Å². The van der Waals surface area contributed by atoms with Crippen molar-refractivity contribution in [1.82, 2.24) is 35.0 Å². The molecular formula is C28H30ClN7O2. The summed E-state index contributed by atoms with van der Waals surface area (Å²) in [6.07, 6.45) is 0. The minimum Gasteiger partial charge on any atom is -0.334 e. The predicted molar refractivity (Wildman–Crippen MR) is 145 cm³/mol. The largest absolute Gasteiger partial charge is 0.334 e. The standard InChI is InChI=1S/C28H30ClN7O2/c1-18-5-9-22(10-6-18)27-30-25(33-37-27)16-35(15-24(14-29)36-21(4)13-20(3)32-36)17-26-31-28(38-34-26)23-11-7-19(2)8-12-23/h5-13,24H,14-17H2,1-4H3/t24-/m1/s1. The second-order valence-corrected chi connectivity index (χ2v) is 9.92. The maximum absolute atomic E-state index is 6.44. The van der Waals surface area contributed by atoms with Gasteiger partial charge in [-0.05, 0) is 58.0 Å². The maximum atomic E-state index is 6.44. The van der Waals surface area contributed by atoms with Gasteiger partial charge in [0.05, 0.1) is 24.8 Å². The van der Waals surface area contributed by atoms with E-state index in [4.69, 9.17) is 20.6 Å². The van der Waals surface area contributed by atoms with Crippen molar-refractivity contribution in [3.05, 3.63) is 88.8 Å². The van der Waals surface area contributed by atoms with Crippen molar-refractivity contribution in [3.8, 4) is 22.9 Å². The lowest BCUT2D eigenvalue weighted by atomic mass is 10.1. The van der Waals surface area contributed by atoms with Gasteiger partial charge in [-0.3, -0.25) is 9.58 Å². The highest BCUT2D eigenvalue weighted by molar-refractivity contribution is 6.18. The van der Waals surface area contributed by atoms with Crippen LogP contribution in [0.3, 0.4) is 0 Å². The highest BCUT2D eigenvalue weighted by Gasteiger charge is 2.22. The van der Waals surface area contributed by atoms with Crippen LogP contribution in [0.1, 0.15) is 40.2 Å². The van der Waals surface area contributed by atoms with E-state index < -0.39 is 0 Å². The predicted octanol–water partition coefficient (Wildman–Crippen LogP) is 5.70. The second kappa shape index (κ2) is 11.3. The zero-order chi connectivity index (χ0) is 26.6. The van der Waals surface area contributed by atoms with Gasteiger partial charge in [0.1, 0.15) is 0 Å². The van der Waals surface area contributed by atoms with E-state index in [0.29, 0.717) is 48.9 Å². The van der Waals surface area contributed by atoms with Crippen molar-refractivity contribution in [2.75, 3.05) is 12.4 Å². The molecule has 0 aliphatic rings. The molecule has 10 heteroatoms. The van der Waals surface area contributed by atoms with Gasteiger partial charge in [0.2, 0.25) is 0 Å². The molecule has 3 heterocycles. The summed E-state index contributed by atoms with van der Waals surface area (Å²) in [6, 6.07) is 18.0. The van der Waals surface area contributed by atoms with Gasteiger partial charge in [-0.15, -0.1) is 11.6 Å². The highest BCUT2D eigenvalue weighted by atomic mass is 35.5. The van der Waals surface area contributed by atoms with Crippen molar-refractivity contribution < 1.29 is 9.05 Å². The number of aryl methyl sites for hydroxylation is 4. The molecule has 0 bridgehead atoms. The van der Waals surface area contributed by atoms with E-state index in [0.717, 1.165) is 22.5 Å². The van der Waals surface area contributed by atoms with E-state index in [1.807, 2.05) is 87.0 Å². The summed E-state index contributed by atoms with van der Waals surface area (Å²) in [5.74, 6) is 2.47. The fraction of sp³-hybridized carbons (Fsp3) is 0.321. The van der Waals surface area contributed by atoms with Crippen LogP contribution in [0.5, 0.6) is 0 Å². The monoisotopic (exact) mass is 531 g/mol. The molecule has 0 saturated carbocycles. The Morgan fingerprint density at radius 1 is 0.789 bits per heavy atom. The quantitative estimate of drug-likeness (QED) is 0.212. The topological polar surface area (TPSA) is 98.9 Å². The molecule has 3 aromatic heterocycles. The Labute approximate surface area is 226 Å². The summed E-state index contributed by atoms with van der Waals surface area (Å²) < 4.78 is 13.1. The van der Waals surface area contributed by atoms with Gasteiger partial charge in [0, 0.05) is 29.2 Å². The molecule has 5 aromatic rings. The summed E-state index contributed by atoms with van der Waals surface area (Å²) in [5.41, 5.74) is 6.09. The first-order chi connectivity index (χ1) is 18.4. The number of hydrogen-bond acceptors (Lipinski definition) is 8. The van der Waals surface area contributed by atoms with Crippen LogP contribution in [0.4, 0.5) is 0 Å². The van der Waals surface area contributed by atoms with Crippen molar-refractivity contribution >= 4 is 11.6 Å². The molecule has 0 spiro atoms. The van der Waals surface area contributed by atoms with Gasteiger partial charge in [-0.1, -0.05) is 45.7 Å². The minimum atomic E-state index is -0.0719. The molecule has 9 nitrogen and oxygen atoms in total. The molecule has 1 atom stereocenters. The maximum Gasteiger partial charge on any atom is 0.257 e. The fourth-order valence-electron chi connectivity index (χ4n) is 4.35. The molecule has 0 radical (unpaired) electrons. The van der Waals surface area contributed by atoms with E-state index in [1.165, 1.54) is 11.1 Å². The molecule has 0 aliphatic heterocycles. The summed E-state index contributed by atoms with van der Waals surface area (Å²) in [7, 11) is 0. The number of aromatic nitrogens is 6. The molecule has 0 N–H and O–H groups in total. The molecule has 5 rings (SSSR count). The summed E-state index contributed by atoms with van der Waals surface area (Å²) in [5, 5.41) is 13.1. The fourth-order valence-corrected chi connectivity index (χ4v) is 4.58. The Kier molecular flexibility index (Phi) is 7.67. The van der Waals surface area contributed by atoms with Crippen LogP contribution in [0.2, 0.25) is 0 Å². The summed E-state index contributed by atoms with van der Waals surface area (Å²) in [4.78, 5) is 11.4. The first-order valence-corrected chi connectivity index (χ1v) is 13.0. The number of hydrogen-bond donors (Lipinski definition) is 0. The van der Waals surface area contributed by atoms with Crippen LogP contribution in [0.25, 0.3) is 22.9 Å². The minimum absolute atomic E-state index is 0.0719. The SMILES string of the molecule is Cc1ccc(-c2nc(CN(Cc3noc(-c4ccc(C)cc4)n3)C[C@@H](CCl)n3nc(C)cc3C)no2)cc1. The van der Waals surface area contributed by atoms with Crippen molar-refractivity contribution in [2.24, 2.45) is 0 Å². The lowest BCUT2D eigenvalue weighted by Crippen LogP contribution is -2.33. The smallest absolute Gasteiger partial charge is 0.257 e. The number of nitrogens with zero attached hydrogens (tertiary/aromatic N) is 7. The van der Waals surface area contributed by atoms with E-state index >= 15 is 0 Å². The van der Waals surface area contributed by atoms with Crippen molar-refractivity contribution in [3.63, 3.8) is 0 Å². The van der Waals surface area contributed by atoms with Gasteiger partial charge < -0.3 is 9.05 Å². The Morgan fingerprint density at radius 2 is 1.29 bits per heavy atom. The first kappa shape index (κ1) is 25.8. The third-order valence-corrected chi connectivity index (χ3v) is 6.66. The van der Waals surface area contributed by atoms with Gasteiger partial charge >= 0.3 is 0 Å². The molecule has 0 aliphatic carbocycles. The van der Waals surface area contributed by atoms with Crippen LogP contribution in [0, 0.1) is 27.7 Å². The summed E-state index contributed by atoms with van der Waals surface area (Å²) >= 11 is 6.44. The number of benzene rings is 2. The Bertz CT molecular complexity index is 1400. The molecule has 0 fully saturated rings. The highest BCUT2D eigenvalue weighted by Crippen LogP contribution is 2.22. The lowest BCUT2D eigenvalue weighted by molar-refractivity contribution is 0.201. The van der Waals surface area contributed by atoms with E-state index in [-0.39, 0.29) is 6.04 Å². The van der Waals surface area contributed by atoms with Gasteiger partial charge in [-0.2, -0.15) is 15.1 Å². The molecule has 38 heavy (non-hydrogen) atoms. The van der Waals surface area contributed by atoms with Crippen molar-refractivity contribution in [1.29, 1.82) is 0 Å². The molecule has 0 amide bonds. The van der Waals surface area contributed by atoms with E-state index in [9.17, 15) is 0 Å². The van der Waals surface area contributed by atoms with E-state index in [2.05, 4.69) is 30.3 Å². The second-order valence-electron chi connectivity index (χ2n) is 9.61. The third-order valence-electron chi connectivity index (χ3n) is 6.30. The Morgan fingerprint density at radius 3 is 1.71 bits per heavy atom. The zero-order valence-corrected chi connectivity index (χ0v) is 22.7. The summed E-state index contributed by atoms with van der Waals surface area (Å²) in [6.45, 7) is 9.49. The zero-order valence-electron chi connectivity index (χ0n) is 21.9. The number of halogens is 1. The molecule has 2 aromatic carbocycles. The molecule has 0 saturated heterocycles. The van der Waals surface area contributed by atoms with Crippen molar-refractivity contribution in [2.45, 2.75) is 46.8 Å². The Balaban J connectivity index is 1.39. The van der Waals surface area contributed by atoms with E-state index in [1.54, 1.807) is 0 Å². The molecule has 0 unspecified atom stereocenters.